The Balaban J connectivity index is 1.96. The van der Waals surface area contributed by atoms with E-state index in [1.807, 2.05) is 36.4 Å². The Labute approximate surface area is 161 Å². The van der Waals surface area contributed by atoms with Gasteiger partial charge >= 0.3 is 0 Å². The average molecular weight is 368 g/mol. The van der Waals surface area contributed by atoms with E-state index >= 15 is 0 Å². The zero-order valence-electron chi connectivity index (χ0n) is 15.1. The molecule has 0 bridgehead atoms. The van der Waals surface area contributed by atoms with Crippen LogP contribution in [0.25, 0.3) is 21.5 Å². The fourth-order valence-electron chi connectivity index (χ4n) is 3.47. The summed E-state index contributed by atoms with van der Waals surface area (Å²) < 4.78 is 6.01. The van der Waals surface area contributed by atoms with Gasteiger partial charge in [0.1, 0.15) is 11.5 Å². The van der Waals surface area contributed by atoms with Crippen LogP contribution in [-0.2, 0) is 0 Å². The maximum absolute atomic E-state index is 12.2. The van der Waals surface area contributed by atoms with Crippen LogP contribution in [0.5, 0.6) is 11.5 Å². The highest BCUT2D eigenvalue weighted by molar-refractivity contribution is 6.12. The lowest BCUT2D eigenvalue weighted by Gasteiger charge is -2.15. The Bertz CT molecular complexity index is 1250. The van der Waals surface area contributed by atoms with Crippen molar-refractivity contribution in [1.82, 2.24) is 0 Å². The molecule has 4 rings (SSSR count). The van der Waals surface area contributed by atoms with Crippen LogP contribution in [0.3, 0.4) is 0 Å². The van der Waals surface area contributed by atoms with Gasteiger partial charge in [0.2, 0.25) is 0 Å². The minimum Gasteiger partial charge on any atom is -0.456 e. The molecule has 4 aromatic rings. The van der Waals surface area contributed by atoms with Crippen LogP contribution in [0.15, 0.2) is 66.7 Å². The highest BCUT2D eigenvalue weighted by atomic mass is 16.5. The Morgan fingerprint density at radius 3 is 2.04 bits per heavy atom. The fourth-order valence-corrected chi connectivity index (χ4v) is 3.47. The minimum atomic E-state index is -0.132. The van der Waals surface area contributed by atoms with E-state index < -0.39 is 0 Å². The summed E-state index contributed by atoms with van der Waals surface area (Å²) >= 11 is 0. The van der Waals surface area contributed by atoms with Gasteiger partial charge in [-0.2, -0.15) is 0 Å². The van der Waals surface area contributed by atoms with Crippen molar-refractivity contribution in [3.63, 3.8) is 0 Å². The zero-order chi connectivity index (χ0) is 19.7. The van der Waals surface area contributed by atoms with Crippen LogP contribution >= 0.6 is 0 Å². The molecule has 0 amide bonds. The normalized spacial score (nSPS) is 10.8. The quantitative estimate of drug-likeness (QED) is 0.339. The van der Waals surface area contributed by atoms with Gasteiger partial charge in [-0.1, -0.05) is 54.6 Å². The molecule has 136 valence electrons. The molecule has 0 spiro atoms. The number of hydrogen-bond donors (Lipinski definition) is 0. The first kappa shape index (κ1) is 17.6. The van der Waals surface area contributed by atoms with Gasteiger partial charge < -0.3 is 4.74 Å². The van der Waals surface area contributed by atoms with Crippen LogP contribution in [0.1, 0.15) is 38.0 Å². The molecule has 28 heavy (non-hydrogen) atoms. The van der Waals surface area contributed by atoms with E-state index in [0.717, 1.165) is 17.1 Å². The monoisotopic (exact) mass is 368 g/mol. The van der Waals surface area contributed by atoms with Crippen LogP contribution in [0.4, 0.5) is 0 Å². The summed E-state index contributed by atoms with van der Waals surface area (Å²) in [6.45, 7) is 1.47. The van der Waals surface area contributed by atoms with E-state index in [2.05, 4.69) is 0 Å². The Kier molecular flexibility index (Phi) is 4.45. The molecule has 4 nitrogen and oxygen atoms in total. The van der Waals surface area contributed by atoms with Gasteiger partial charge in [-0.3, -0.25) is 14.4 Å². The van der Waals surface area contributed by atoms with E-state index in [9.17, 15) is 14.4 Å². The van der Waals surface area contributed by atoms with E-state index in [4.69, 9.17) is 4.74 Å². The van der Waals surface area contributed by atoms with Crippen molar-refractivity contribution < 1.29 is 19.1 Å². The van der Waals surface area contributed by atoms with Crippen molar-refractivity contribution in [2.75, 3.05) is 0 Å². The topological polar surface area (TPSA) is 60.4 Å². The second kappa shape index (κ2) is 7.08. The highest BCUT2D eigenvalue weighted by Gasteiger charge is 2.17. The molecule has 0 aliphatic heterocycles. The minimum absolute atomic E-state index is 0.132. The van der Waals surface area contributed by atoms with Crippen LogP contribution in [0.2, 0.25) is 0 Å². The number of fused-ring (bicyclic) bond motifs is 2. The zero-order valence-corrected chi connectivity index (χ0v) is 15.1. The number of rotatable bonds is 5. The standard InChI is InChI=1S/C24H16O4/c1-15(27)20-12-24(22(14-26)19-9-5-4-8-18(19)20)28-23-11-10-16-6-2-3-7-17(16)21(23)13-25/h2-14H,1H3. The summed E-state index contributed by atoms with van der Waals surface area (Å²) in [4.78, 5) is 35.8. The summed E-state index contributed by atoms with van der Waals surface area (Å²) in [5, 5.41) is 3.00. The maximum Gasteiger partial charge on any atom is 0.160 e. The summed E-state index contributed by atoms with van der Waals surface area (Å²) in [6.07, 6.45) is 1.45. The molecule has 0 aromatic heterocycles. The number of ether oxygens (including phenoxy) is 1. The number of benzene rings is 4. The first-order chi connectivity index (χ1) is 13.6. The SMILES string of the molecule is CC(=O)c1cc(Oc2ccc3ccccc3c2C=O)c(C=O)c2ccccc12. The van der Waals surface area contributed by atoms with Gasteiger partial charge in [0, 0.05) is 5.56 Å². The summed E-state index contributed by atoms with van der Waals surface area (Å²) in [5.74, 6) is 0.450. The lowest BCUT2D eigenvalue weighted by molar-refractivity contribution is 0.101. The molecule has 0 saturated heterocycles. The van der Waals surface area contributed by atoms with Crippen LogP contribution < -0.4 is 4.74 Å². The first-order valence-corrected chi connectivity index (χ1v) is 8.80. The number of carbonyl (C=O) groups excluding carboxylic acids is 3. The van der Waals surface area contributed by atoms with E-state index in [1.165, 1.54) is 6.92 Å². The molecule has 0 atom stereocenters. The number of hydrogen-bond acceptors (Lipinski definition) is 4. The van der Waals surface area contributed by atoms with E-state index in [1.54, 1.807) is 30.3 Å². The van der Waals surface area contributed by atoms with Crippen molar-refractivity contribution >= 4 is 39.9 Å². The van der Waals surface area contributed by atoms with E-state index in [-0.39, 0.29) is 11.5 Å². The second-order valence-electron chi connectivity index (χ2n) is 6.47. The Morgan fingerprint density at radius 2 is 1.36 bits per heavy atom. The van der Waals surface area contributed by atoms with Crippen molar-refractivity contribution in [3.8, 4) is 11.5 Å². The Morgan fingerprint density at radius 1 is 0.750 bits per heavy atom. The van der Waals surface area contributed by atoms with E-state index in [0.29, 0.717) is 39.5 Å². The van der Waals surface area contributed by atoms with Crippen molar-refractivity contribution in [2.45, 2.75) is 6.92 Å². The number of aldehydes is 2. The molecular formula is C24H16O4. The first-order valence-electron chi connectivity index (χ1n) is 8.80. The smallest absolute Gasteiger partial charge is 0.160 e. The second-order valence-corrected chi connectivity index (χ2v) is 6.47. The lowest BCUT2D eigenvalue weighted by atomic mass is 9.97. The predicted octanol–water partition coefficient (Wildman–Crippen LogP) is 5.61. The molecule has 0 radical (unpaired) electrons. The maximum atomic E-state index is 12.2. The average Bonchev–Trinajstić information content (AvgIpc) is 2.72. The summed E-state index contributed by atoms with van der Waals surface area (Å²) in [6, 6.07) is 19.8. The Hall–Kier alpha value is -3.79. The third kappa shape index (κ3) is 2.85. The molecule has 0 aliphatic carbocycles. The molecule has 0 heterocycles. The summed E-state index contributed by atoms with van der Waals surface area (Å²) in [5.41, 5.74) is 1.20. The van der Waals surface area contributed by atoms with Crippen molar-refractivity contribution in [2.24, 2.45) is 0 Å². The van der Waals surface area contributed by atoms with Crippen molar-refractivity contribution in [1.29, 1.82) is 0 Å². The fraction of sp³-hybridized carbons (Fsp3) is 0.0417. The molecule has 0 fully saturated rings. The third-order valence-corrected chi connectivity index (χ3v) is 4.81. The van der Waals surface area contributed by atoms with Crippen LogP contribution in [0, 0.1) is 0 Å². The van der Waals surface area contributed by atoms with Crippen molar-refractivity contribution in [3.05, 3.63) is 83.4 Å². The number of carbonyl (C=O) groups is 3. The molecule has 0 aliphatic rings. The van der Waals surface area contributed by atoms with Gasteiger partial charge in [0.05, 0.1) is 11.1 Å². The highest BCUT2D eigenvalue weighted by Crippen LogP contribution is 2.36. The predicted molar refractivity (Wildman–Crippen MR) is 109 cm³/mol. The van der Waals surface area contributed by atoms with Crippen LogP contribution in [-0.4, -0.2) is 18.4 Å². The number of ketones is 1. The lowest BCUT2D eigenvalue weighted by Crippen LogP contribution is -2.01. The van der Waals surface area contributed by atoms with Gasteiger partial charge in [-0.25, -0.2) is 0 Å². The number of Topliss-reactive ketones (excluding diaryl/α,β-unsaturated/α-hetero) is 1. The molecule has 4 heteroatoms. The van der Waals surface area contributed by atoms with Gasteiger partial charge in [0.25, 0.3) is 0 Å². The van der Waals surface area contributed by atoms with Gasteiger partial charge in [-0.15, -0.1) is 0 Å². The molecule has 0 unspecified atom stereocenters. The molecule has 4 aromatic carbocycles. The molecule has 0 N–H and O–H groups in total. The third-order valence-electron chi connectivity index (χ3n) is 4.81. The molecular weight excluding hydrogens is 352 g/mol. The summed E-state index contributed by atoms with van der Waals surface area (Å²) in [7, 11) is 0. The molecule has 0 saturated carbocycles. The van der Waals surface area contributed by atoms with Gasteiger partial charge in [-0.05, 0) is 40.6 Å². The van der Waals surface area contributed by atoms with Gasteiger partial charge in [0.15, 0.2) is 18.4 Å². The largest absolute Gasteiger partial charge is 0.456 e.